The molecule has 24 heavy (non-hydrogen) atoms. The lowest BCUT2D eigenvalue weighted by Crippen LogP contribution is -2.45. The van der Waals surface area contributed by atoms with Crippen molar-refractivity contribution in [2.45, 2.75) is 12.8 Å². The highest BCUT2D eigenvalue weighted by Gasteiger charge is 2.25. The second-order valence-electron chi connectivity index (χ2n) is 5.62. The molecule has 136 valence electrons. The van der Waals surface area contributed by atoms with Gasteiger partial charge in [0, 0.05) is 26.2 Å². The number of amides is 1. The lowest BCUT2D eigenvalue weighted by molar-refractivity contribution is -0.126. The van der Waals surface area contributed by atoms with E-state index in [9.17, 15) is 4.79 Å². The summed E-state index contributed by atoms with van der Waals surface area (Å²) in [6.45, 7) is 3.94. The number of piperidine rings is 1. The van der Waals surface area contributed by atoms with E-state index < -0.39 is 0 Å². The molecule has 1 amide bonds. The zero-order valence-electron chi connectivity index (χ0n) is 13.5. The topological polar surface area (TPSA) is 67.6 Å². The zero-order valence-corrected chi connectivity index (χ0v) is 15.8. The van der Waals surface area contributed by atoms with Crippen molar-refractivity contribution in [2.75, 3.05) is 39.3 Å². The molecule has 1 unspecified atom stereocenters. The van der Waals surface area contributed by atoms with Crippen LogP contribution in [0.4, 0.5) is 0 Å². The summed E-state index contributed by atoms with van der Waals surface area (Å²) >= 11 is 12.2. The van der Waals surface area contributed by atoms with Crippen LogP contribution in [-0.2, 0) is 4.79 Å². The van der Waals surface area contributed by atoms with Crippen molar-refractivity contribution in [1.82, 2.24) is 10.2 Å². The molecule has 2 rings (SSSR count). The molecule has 5 nitrogen and oxygen atoms in total. The van der Waals surface area contributed by atoms with Gasteiger partial charge in [-0.05, 0) is 31.5 Å². The zero-order chi connectivity index (χ0) is 16.7. The van der Waals surface area contributed by atoms with Crippen molar-refractivity contribution in [3.8, 4) is 5.75 Å². The predicted octanol–water partition coefficient (Wildman–Crippen LogP) is 2.58. The van der Waals surface area contributed by atoms with Gasteiger partial charge in [0.15, 0.2) is 5.75 Å². The van der Waals surface area contributed by atoms with Crippen molar-refractivity contribution < 1.29 is 9.53 Å². The minimum absolute atomic E-state index is 0. The van der Waals surface area contributed by atoms with E-state index in [0.29, 0.717) is 35.5 Å². The molecule has 1 atom stereocenters. The van der Waals surface area contributed by atoms with Crippen LogP contribution in [0.25, 0.3) is 0 Å². The number of carbonyl (C=O) groups is 1. The summed E-state index contributed by atoms with van der Waals surface area (Å²) in [5, 5.41) is 3.88. The first-order chi connectivity index (χ1) is 11.1. The number of ether oxygens (including phenoxy) is 1. The highest BCUT2D eigenvalue weighted by molar-refractivity contribution is 6.37. The van der Waals surface area contributed by atoms with Crippen molar-refractivity contribution in [1.29, 1.82) is 0 Å². The summed E-state index contributed by atoms with van der Waals surface area (Å²) in [6, 6.07) is 5.29. The van der Waals surface area contributed by atoms with Gasteiger partial charge < -0.3 is 15.8 Å². The van der Waals surface area contributed by atoms with Gasteiger partial charge in [0.1, 0.15) is 6.61 Å². The Labute approximate surface area is 159 Å². The van der Waals surface area contributed by atoms with Crippen LogP contribution in [-0.4, -0.2) is 50.1 Å². The van der Waals surface area contributed by atoms with Crippen LogP contribution in [0.1, 0.15) is 12.8 Å². The quantitative estimate of drug-likeness (QED) is 0.743. The number of nitrogens with two attached hydrogens (primary N) is 1. The van der Waals surface area contributed by atoms with Gasteiger partial charge >= 0.3 is 0 Å². The Kier molecular flexibility index (Phi) is 9.78. The number of benzene rings is 1. The first-order valence-corrected chi connectivity index (χ1v) is 8.64. The van der Waals surface area contributed by atoms with E-state index in [1.165, 1.54) is 0 Å². The van der Waals surface area contributed by atoms with Crippen LogP contribution in [0, 0.1) is 5.92 Å². The van der Waals surface area contributed by atoms with Gasteiger partial charge in [0.25, 0.3) is 0 Å². The van der Waals surface area contributed by atoms with Gasteiger partial charge in [-0.15, -0.1) is 12.4 Å². The average Bonchev–Trinajstić information content (AvgIpc) is 2.55. The Morgan fingerprint density at radius 3 is 2.75 bits per heavy atom. The number of nitrogens with one attached hydrogen (secondary N) is 1. The van der Waals surface area contributed by atoms with E-state index in [0.717, 1.165) is 32.5 Å². The van der Waals surface area contributed by atoms with Crippen molar-refractivity contribution >= 4 is 41.5 Å². The monoisotopic (exact) mass is 395 g/mol. The van der Waals surface area contributed by atoms with Gasteiger partial charge in [-0.1, -0.05) is 29.3 Å². The van der Waals surface area contributed by atoms with Gasteiger partial charge in [-0.3, -0.25) is 9.69 Å². The highest BCUT2D eigenvalue weighted by atomic mass is 35.5. The van der Waals surface area contributed by atoms with E-state index >= 15 is 0 Å². The largest absolute Gasteiger partial charge is 0.489 e. The van der Waals surface area contributed by atoms with Crippen molar-refractivity contribution in [2.24, 2.45) is 11.7 Å². The van der Waals surface area contributed by atoms with E-state index in [-0.39, 0.29) is 24.2 Å². The number of carbonyl (C=O) groups excluding carboxylic acids is 1. The molecule has 1 aromatic rings. The van der Waals surface area contributed by atoms with E-state index in [2.05, 4.69) is 10.2 Å². The third kappa shape index (κ3) is 6.30. The number of halogens is 3. The Morgan fingerprint density at radius 2 is 2.08 bits per heavy atom. The highest BCUT2D eigenvalue weighted by Crippen LogP contribution is 2.32. The van der Waals surface area contributed by atoms with E-state index in [1.54, 1.807) is 18.2 Å². The second-order valence-corrected chi connectivity index (χ2v) is 6.43. The summed E-state index contributed by atoms with van der Waals surface area (Å²) < 4.78 is 5.71. The molecule has 1 fully saturated rings. The summed E-state index contributed by atoms with van der Waals surface area (Å²) in [4.78, 5) is 14.3. The Balaban J connectivity index is 0.00000288. The fraction of sp³-hybridized carbons (Fsp3) is 0.562. The maximum atomic E-state index is 12.0. The Bertz CT molecular complexity index is 511. The molecule has 1 aliphatic rings. The second kappa shape index (κ2) is 11.0. The van der Waals surface area contributed by atoms with Gasteiger partial charge in [0.2, 0.25) is 5.91 Å². The summed E-state index contributed by atoms with van der Waals surface area (Å²) in [5.74, 6) is 0.638. The van der Waals surface area contributed by atoms with Crippen LogP contribution >= 0.6 is 35.6 Å². The molecule has 1 saturated heterocycles. The minimum Gasteiger partial charge on any atom is -0.489 e. The average molecular weight is 397 g/mol. The molecule has 0 spiro atoms. The number of likely N-dealkylation sites (tertiary alicyclic amines) is 1. The molecular formula is C16H24Cl3N3O2. The van der Waals surface area contributed by atoms with Crippen molar-refractivity contribution in [3.63, 3.8) is 0 Å². The third-order valence-electron chi connectivity index (χ3n) is 3.89. The molecule has 0 aromatic heterocycles. The molecule has 0 saturated carbocycles. The molecule has 1 aromatic carbocycles. The molecule has 0 radical (unpaired) electrons. The molecule has 8 heteroatoms. The predicted molar refractivity (Wildman–Crippen MR) is 100 cm³/mol. The summed E-state index contributed by atoms with van der Waals surface area (Å²) in [6.07, 6.45) is 1.93. The van der Waals surface area contributed by atoms with Gasteiger partial charge in [0.05, 0.1) is 16.0 Å². The number of rotatable bonds is 7. The Hall–Kier alpha value is -0.720. The van der Waals surface area contributed by atoms with Crippen molar-refractivity contribution in [3.05, 3.63) is 28.2 Å². The maximum Gasteiger partial charge on any atom is 0.224 e. The standard InChI is InChI=1S/C16H23Cl2N3O2.ClH/c17-13-4-1-5-14(18)15(13)23-10-9-21-8-2-3-12(11-21)16(22)20-7-6-19;/h1,4-5,12H,2-3,6-11,19H2,(H,20,22);1H. The lowest BCUT2D eigenvalue weighted by atomic mass is 9.97. The summed E-state index contributed by atoms with van der Waals surface area (Å²) in [5.41, 5.74) is 5.42. The first kappa shape index (κ1) is 21.3. The first-order valence-electron chi connectivity index (χ1n) is 7.88. The van der Waals surface area contributed by atoms with Gasteiger partial charge in [-0.2, -0.15) is 0 Å². The third-order valence-corrected chi connectivity index (χ3v) is 4.49. The number of hydrogen-bond donors (Lipinski definition) is 2. The van der Waals surface area contributed by atoms with Crippen LogP contribution in [0.2, 0.25) is 10.0 Å². The fourth-order valence-corrected chi connectivity index (χ4v) is 3.22. The van der Waals surface area contributed by atoms with Crippen LogP contribution in [0.3, 0.4) is 0 Å². The number of hydrogen-bond acceptors (Lipinski definition) is 4. The molecule has 0 aliphatic carbocycles. The van der Waals surface area contributed by atoms with Crippen LogP contribution < -0.4 is 15.8 Å². The molecule has 1 aliphatic heterocycles. The molecule has 0 bridgehead atoms. The fourth-order valence-electron chi connectivity index (χ4n) is 2.71. The smallest absolute Gasteiger partial charge is 0.224 e. The minimum atomic E-state index is 0. The SMILES string of the molecule is Cl.NCCNC(=O)C1CCCN(CCOc2c(Cl)cccc2Cl)C1. The summed E-state index contributed by atoms with van der Waals surface area (Å²) in [7, 11) is 0. The molecule has 3 N–H and O–H groups in total. The van der Waals surface area contributed by atoms with E-state index in [4.69, 9.17) is 33.7 Å². The maximum absolute atomic E-state index is 12.0. The molecular weight excluding hydrogens is 373 g/mol. The Morgan fingerprint density at radius 1 is 1.38 bits per heavy atom. The number of para-hydroxylation sites is 1. The normalized spacial score (nSPS) is 17.9. The van der Waals surface area contributed by atoms with Crippen LogP contribution in [0.15, 0.2) is 18.2 Å². The molecule has 1 heterocycles. The number of nitrogens with zero attached hydrogens (tertiary/aromatic N) is 1. The van der Waals surface area contributed by atoms with Gasteiger partial charge in [-0.25, -0.2) is 0 Å². The lowest BCUT2D eigenvalue weighted by Gasteiger charge is -2.31. The van der Waals surface area contributed by atoms with Crippen LogP contribution in [0.5, 0.6) is 5.75 Å². The van der Waals surface area contributed by atoms with E-state index in [1.807, 2.05) is 0 Å².